The van der Waals surface area contributed by atoms with Gasteiger partial charge in [-0.05, 0) is 25.0 Å². The molecule has 0 saturated carbocycles. The van der Waals surface area contributed by atoms with Gasteiger partial charge in [-0.1, -0.05) is 0 Å². The molecule has 2 aliphatic heterocycles. The van der Waals surface area contributed by atoms with Crippen molar-refractivity contribution >= 4 is 33.6 Å². The number of hydrogen-bond acceptors (Lipinski definition) is 5. The smallest absolute Gasteiger partial charge is 0.323 e. The SMILES string of the molecule is O=C(O)CN(C(=O)NCC1CCCS1)C1CCS(=O)(=O)C1. The molecule has 2 rings (SSSR count). The van der Waals surface area contributed by atoms with Gasteiger partial charge in [0.2, 0.25) is 0 Å². The molecule has 21 heavy (non-hydrogen) atoms. The largest absolute Gasteiger partial charge is 0.480 e. The van der Waals surface area contributed by atoms with Crippen LogP contribution < -0.4 is 5.32 Å². The number of sulfone groups is 1. The van der Waals surface area contributed by atoms with Crippen LogP contribution in [0.4, 0.5) is 4.79 Å². The summed E-state index contributed by atoms with van der Waals surface area (Å²) in [6, 6.07) is -1.02. The standard InChI is InChI=1S/C12H20N2O5S2/c15-11(16)7-14(9-3-5-21(18,19)8-9)12(17)13-6-10-2-1-4-20-10/h9-10H,1-8H2,(H,13,17)(H,15,16). The molecule has 2 N–H and O–H groups in total. The van der Waals surface area contributed by atoms with E-state index < -0.39 is 34.4 Å². The zero-order valence-corrected chi connectivity index (χ0v) is 13.3. The first-order valence-electron chi connectivity index (χ1n) is 6.96. The molecule has 0 aromatic carbocycles. The summed E-state index contributed by atoms with van der Waals surface area (Å²) in [7, 11) is -3.16. The molecule has 0 radical (unpaired) electrons. The van der Waals surface area contributed by atoms with Crippen LogP contribution in [0.3, 0.4) is 0 Å². The minimum atomic E-state index is -3.16. The van der Waals surface area contributed by atoms with Crippen LogP contribution in [0.2, 0.25) is 0 Å². The Balaban J connectivity index is 1.94. The van der Waals surface area contributed by atoms with Crippen molar-refractivity contribution in [3.05, 3.63) is 0 Å². The molecule has 2 aliphatic rings. The highest BCUT2D eigenvalue weighted by Gasteiger charge is 2.35. The number of carboxylic acid groups (broad SMARTS) is 1. The molecule has 0 bridgehead atoms. The number of hydrogen-bond donors (Lipinski definition) is 2. The van der Waals surface area contributed by atoms with Gasteiger partial charge in [-0.15, -0.1) is 0 Å². The molecule has 2 fully saturated rings. The lowest BCUT2D eigenvalue weighted by atomic mass is 10.2. The molecule has 9 heteroatoms. The zero-order chi connectivity index (χ0) is 15.5. The number of carboxylic acids is 1. The average molecular weight is 336 g/mol. The lowest BCUT2D eigenvalue weighted by Gasteiger charge is -2.27. The van der Waals surface area contributed by atoms with Gasteiger partial charge < -0.3 is 15.3 Å². The van der Waals surface area contributed by atoms with E-state index in [-0.39, 0.29) is 11.5 Å². The number of nitrogens with one attached hydrogen (secondary N) is 1. The minimum absolute atomic E-state index is 0.0134. The predicted octanol–water partition coefficient (Wildman–Crippen LogP) is 0.165. The van der Waals surface area contributed by atoms with Crippen molar-refractivity contribution in [1.29, 1.82) is 0 Å². The van der Waals surface area contributed by atoms with Crippen molar-refractivity contribution in [3.63, 3.8) is 0 Å². The summed E-state index contributed by atoms with van der Waals surface area (Å²) in [5.41, 5.74) is 0. The molecule has 2 amide bonds. The second kappa shape index (κ2) is 6.87. The van der Waals surface area contributed by atoms with Crippen molar-refractivity contribution in [2.24, 2.45) is 0 Å². The average Bonchev–Trinajstić information content (AvgIpc) is 3.02. The minimum Gasteiger partial charge on any atom is -0.480 e. The summed E-state index contributed by atoms with van der Waals surface area (Å²) in [5, 5.41) is 12.0. The maximum Gasteiger partial charge on any atom is 0.323 e. The van der Waals surface area contributed by atoms with Gasteiger partial charge in [0, 0.05) is 17.8 Å². The maximum absolute atomic E-state index is 12.2. The van der Waals surface area contributed by atoms with Gasteiger partial charge in [0.05, 0.1) is 11.5 Å². The fourth-order valence-corrected chi connectivity index (χ4v) is 5.57. The molecule has 0 aromatic heterocycles. The molecule has 2 unspecified atom stereocenters. The van der Waals surface area contributed by atoms with Gasteiger partial charge in [-0.25, -0.2) is 13.2 Å². The maximum atomic E-state index is 12.2. The third kappa shape index (κ3) is 4.77. The quantitative estimate of drug-likeness (QED) is 0.741. The molecule has 0 aromatic rings. The Morgan fingerprint density at radius 1 is 1.33 bits per heavy atom. The number of rotatable bonds is 5. The van der Waals surface area contributed by atoms with Crippen LogP contribution in [0.25, 0.3) is 0 Å². The van der Waals surface area contributed by atoms with Crippen LogP contribution >= 0.6 is 11.8 Å². The fourth-order valence-electron chi connectivity index (χ4n) is 2.64. The van der Waals surface area contributed by atoms with Gasteiger partial charge in [0.15, 0.2) is 9.84 Å². The third-order valence-electron chi connectivity index (χ3n) is 3.72. The summed E-state index contributed by atoms with van der Waals surface area (Å²) in [6.07, 6.45) is 2.48. The first-order valence-corrected chi connectivity index (χ1v) is 9.83. The van der Waals surface area contributed by atoms with Gasteiger partial charge in [0.1, 0.15) is 6.54 Å². The Kier molecular flexibility index (Phi) is 5.37. The fraction of sp³-hybridized carbons (Fsp3) is 0.833. The summed E-state index contributed by atoms with van der Waals surface area (Å²) in [6.45, 7) is 0.0307. The van der Waals surface area contributed by atoms with Gasteiger partial charge in [0.25, 0.3) is 0 Å². The number of carbonyl (C=O) groups excluding carboxylic acids is 1. The molecular weight excluding hydrogens is 316 g/mol. The zero-order valence-electron chi connectivity index (χ0n) is 11.7. The van der Waals surface area contributed by atoms with Crippen LogP contribution in [-0.2, 0) is 14.6 Å². The second-order valence-electron chi connectivity index (χ2n) is 5.40. The van der Waals surface area contributed by atoms with E-state index in [9.17, 15) is 18.0 Å². The Morgan fingerprint density at radius 2 is 2.10 bits per heavy atom. The number of urea groups is 1. The van der Waals surface area contributed by atoms with E-state index in [0.717, 1.165) is 23.5 Å². The first kappa shape index (κ1) is 16.4. The van der Waals surface area contributed by atoms with E-state index in [1.807, 2.05) is 0 Å². The lowest BCUT2D eigenvalue weighted by Crippen LogP contribution is -2.50. The van der Waals surface area contributed by atoms with Gasteiger partial charge >= 0.3 is 12.0 Å². The Hall–Kier alpha value is -0.960. The van der Waals surface area contributed by atoms with Crippen molar-refractivity contribution in [3.8, 4) is 0 Å². The molecule has 7 nitrogen and oxygen atoms in total. The third-order valence-corrected chi connectivity index (χ3v) is 6.87. The van der Waals surface area contributed by atoms with E-state index in [4.69, 9.17) is 5.11 Å². The molecular formula is C12H20N2O5S2. The summed E-state index contributed by atoms with van der Waals surface area (Å²) in [4.78, 5) is 24.2. The highest BCUT2D eigenvalue weighted by molar-refractivity contribution is 8.00. The van der Waals surface area contributed by atoms with Crippen molar-refractivity contribution in [1.82, 2.24) is 10.2 Å². The summed E-state index contributed by atoms with van der Waals surface area (Å²) in [5.74, 6) is -0.184. The van der Waals surface area contributed by atoms with Gasteiger partial charge in [-0.3, -0.25) is 4.79 Å². The van der Waals surface area contributed by atoms with E-state index in [1.165, 1.54) is 0 Å². The topological polar surface area (TPSA) is 104 Å². The Bertz CT molecular complexity index is 502. The summed E-state index contributed by atoms with van der Waals surface area (Å²) < 4.78 is 23.0. The van der Waals surface area contributed by atoms with Crippen LogP contribution in [0.15, 0.2) is 0 Å². The van der Waals surface area contributed by atoms with Crippen LogP contribution in [0, 0.1) is 0 Å². The molecule has 0 spiro atoms. The molecule has 2 saturated heterocycles. The highest BCUT2D eigenvalue weighted by Crippen LogP contribution is 2.25. The molecule has 120 valence electrons. The number of aliphatic carboxylic acids is 1. The second-order valence-corrected chi connectivity index (χ2v) is 9.04. The van der Waals surface area contributed by atoms with E-state index in [2.05, 4.69) is 5.32 Å². The van der Waals surface area contributed by atoms with E-state index in [0.29, 0.717) is 18.2 Å². The summed E-state index contributed by atoms with van der Waals surface area (Å²) >= 11 is 1.80. The Labute approximate surface area is 128 Å². The number of amides is 2. The number of thioether (sulfide) groups is 1. The van der Waals surface area contributed by atoms with Crippen molar-refractivity contribution < 1.29 is 23.1 Å². The van der Waals surface area contributed by atoms with E-state index >= 15 is 0 Å². The van der Waals surface area contributed by atoms with Crippen LogP contribution in [0.1, 0.15) is 19.3 Å². The molecule has 2 heterocycles. The van der Waals surface area contributed by atoms with Crippen LogP contribution in [0.5, 0.6) is 0 Å². The van der Waals surface area contributed by atoms with E-state index in [1.54, 1.807) is 11.8 Å². The lowest BCUT2D eigenvalue weighted by molar-refractivity contribution is -0.138. The first-order chi connectivity index (χ1) is 9.87. The predicted molar refractivity (Wildman–Crippen MR) is 80.3 cm³/mol. The number of carbonyl (C=O) groups is 2. The van der Waals surface area contributed by atoms with Crippen molar-refractivity contribution in [2.45, 2.75) is 30.6 Å². The molecule has 2 atom stereocenters. The molecule has 0 aliphatic carbocycles. The van der Waals surface area contributed by atoms with Crippen LogP contribution in [-0.4, -0.2) is 72.1 Å². The Morgan fingerprint density at radius 3 is 2.62 bits per heavy atom. The normalized spacial score (nSPS) is 27.4. The highest BCUT2D eigenvalue weighted by atomic mass is 32.2. The monoisotopic (exact) mass is 336 g/mol. The van der Waals surface area contributed by atoms with Crippen molar-refractivity contribution in [2.75, 3.05) is 30.3 Å². The van der Waals surface area contributed by atoms with Gasteiger partial charge in [-0.2, -0.15) is 11.8 Å². The number of nitrogens with zero attached hydrogens (tertiary/aromatic N) is 1.